The maximum absolute atomic E-state index is 12.5. The minimum Gasteiger partial charge on any atom is -0.349 e. The van der Waals surface area contributed by atoms with E-state index < -0.39 is 0 Å². The Hall–Kier alpha value is -1.57. The molecule has 2 fully saturated rings. The second kappa shape index (κ2) is 6.14. The summed E-state index contributed by atoms with van der Waals surface area (Å²) in [6.07, 6.45) is 3.09. The van der Waals surface area contributed by atoms with Crippen molar-refractivity contribution in [2.45, 2.75) is 36.2 Å². The van der Waals surface area contributed by atoms with E-state index in [-0.39, 0.29) is 17.9 Å². The lowest BCUT2D eigenvalue weighted by Crippen LogP contribution is -2.44. The van der Waals surface area contributed by atoms with Crippen molar-refractivity contribution in [1.82, 2.24) is 16.2 Å². The summed E-state index contributed by atoms with van der Waals surface area (Å²) in [6.45, 7) is 0.971. The third-order valence-corrected chi connectivity index (χ3v) is 5.92. The quantitative estimate of drug-likeness (QED) is 0.652. The second-order valence-corrected chi connectivity index (χ2v) is 7.44. The summed E-state index contributed by atoms with van der Waals surface area (Å²) in [6, 6.07) is 6.29. The van der Waals surface area contributed by atoms with Crippen molar-refractivity contribution in [3.8, 4) is 0 Å². The normalized spacial score (nSPS) is 29.4. The van der Waals surface area contributed by atoms with Gasteiger partial charge in [-0.15, -0.1) is 11.8 Å². The minimum atomic E-state index is -0.0556. The van der Waals surface area contributed by atoms with Gasteiger partial charge in [-0.05, 0) is 43.4 Å². The number of carbonyl (C=O) groups excluding carboxylic acids is 2. The van der Waals surface area contributed by atoms with Crippen LogP contribution in [0.15, 0.2) is 23.1 Å². The van der Waals surface area contributed by atoms with Crippen molar-refractivity contribution in [1.29, 1.82) is 0 Å². The standard InChI is InChI=1S/C16H20N4O2S/c21-15-8-23-14-4-1-9(6-13(14)19-15)16(22)18-11-2-3-12-10(5-11)7-17-20-12/h1,4,6,10-12,17,20H,2-3,5,7-8H2,(H,18,22)(H,19,21). The van der Waals surface area contributed by atoms with E-state index in [0.29, 0.717) is 23.3 Å². The average molecular weight is 332 g/mol. The van der Waals surface area contributed by atoms with Crippen molar-refractivity contribution in [3.63, 3.8) is 0 Å². The van der Waals surface area contributed by atoms with Gasteiger partial charge in [-0.25, -0.2) is 0 Å². The van der Waals surface area contributed by atoms with Crippen LogP contribution in [-0.4, -0.2) is 36.2 Å². The first-order valence-electron chi connectivity index (χ1n) is 8.05. The lowest BCUT2D eigenvalue weighted by Gasteiger charge is -2.31. The fraction of sp³-hybridized carbons (Fsp3) is 0.500. The van der Waals surface area contributed by atoms with Gasteiger partial charge in [0.1, 0.15) is 0 Å². The molecule has 6 nitrogen and oxygen atoms in total. The molecule has 23 heavy (non-hydrogen) atoms. The molecule has 3 aliphatic rings. The van der Waals surface area contributed by atoms with Gasteiger partial charge in [0.15, 0.2) is 0 Å². The van der Waals surface area contributed by atoms with Crippen molar-refractivity contribution in [2.75, 3.05) is 17.6 Å². The molecular formula is C16H20N4O2S. The van der Waals surface area contributed by atoms with Gasteiger partial charge in [-0.3, -0.25) is 20.4 Å². The van der Waals surface area contributed by atoms with Crippen molar-refractivity contribution < 1.29 is 9.59 Å². The molecule has 2 heterocycles. The van der Waals surface area contributed by atoms with Crippen LogP contribution in [0.4, 0.5) is 5.69 Å². The molecule has 0 spiro atoms. The van der Waals surface area contributed by atoms with Crippen LogP contribution >= 0.6 is 11.8 Å². The Labute approximate surface area is 139 Å². The largest absolute Gasteiger partial charge is 0.349 e. The molecule has 0 radical (unpaired) electrons. The SMILES string of the molecule is O=C1CSc2ccc(C(=O)NC3CCC4NNCC4C3)cc2N1. The molecule has 3 unspecified atom stereocenters. The van der Waals surface area contributed by atoms with E-state index in [4.69, 9.17) is 0 Å². The molecule has 122 valence electrons. The molecular weight excluding hydrogens is 312 g/mol. The summed E-state index contributed by atoms with van der Waals surface area (Å²) in [5, 5.41) is 5.98. The predicted octanol–water partition coefficient (Wildman–Crippen LogP) is 1.11. The van der Waals surface area contributed by atoms with Gasteiger partial charge in [-0.1, -0.05) is 0 Å². The molecule has 7 heteroatoms. The Kier molecular flexibility index (Phi) is 4.00. The fourth-order valence-electron chi connectivity index (χ4n) is 3.62. The zero-order chi connectivity index (χ0) is 15.8. The number of anilines is 1. The Morgan fingerprint density at radius 2 is 2.22 bits per heavy atom. The maximum Gasteiger partial charge on any atom is 0.251 e. The Balaban J connectivity index is 1.43. The number of nitrogens with one attached hydrogen (secondary N) is 4. The molecule has 1 aromatic rings. The van der Waals surface area contributed by atoms with Crippen LogP contribution in [0.5, 0.6) is 0 Å². The number of carbonyl (C=O) groups is 2. The summed E-state index contributed by atoms with van der Waals surface area (Å²) in [4.78, 5) is 25.0. The van der Waals surface area contributed by atoms with E-state index in [1.54, 1.807) is 6.07 Å². The molecule has 4 N–H and O–H groups in total. The van der Waals surface area contributed by atoms with E-state index in [2.05, 4.69) is 21.5 Å². The summed E-state index contributed by atoms with van der Waals surface area (Å²) in [5.74, 6) is 0.957. The van der Waals surface area contributed by atoms with Gasteiger partial charge in [-0.2, -0.15) is 0 Å². The zero-order valence-corrected chi connectivity index (χ0v) is 13.5. The number of thioether (sulfide) groups is 1. The molecule has 4 rings (SSSR count). The Morgan fingerprint density at radius 3 is 3.13 bits per heavy atom. The van der Waals surface area contributed by atoms with Crippen LogP contribution < -0.4 is 21.5 Å². The third-order valence-electron chi connectivity index (χ3n) is 4.84. The highest BCUT2D eigenvalue weighted by Crippen LogP contribution is 2.32. The molecule has 1 aliphatic carbocycles. The highest BCUT2D eigenvalue weighted by Gasteiger charge is 2.34. The molecule has 2 amide bonds. The molecule has 2 aliphatic heterocycles. The summed E-state index contributed by atoms with van der Waals surface area (Å²) >= 11 is 1.51. The predicted molar refractivity (Wildman–Crippen MR) is 89.3 cm³/mol. The molecule has 1 saturated carbocycles. The van der Waals surface area contributed by atoms with Crippen LogP contribution in [-0.2, 0) is 4.79 Å². The lowest BCUT2D eigenvalue weighted by atomic mass is 9.83. The summed E-state index contributed by atoms with van der Waals surface area (Å²) in [7, 11) is 0. The second-order valence-electron chi connectivity index (χ2n) is 6.42. The number of hydrogen-bond acceptors (Lipinski definition) is 5. The highest BCUT2D eigenvalue weighted by molar-refractivity contribution is 8.00. The average Bonchev–Trinajstić information content (AvgIpc) is 3.01. The first-order valence-corrected chi connectivity index (χ1v) is 9.03. The molecule has 0 aromatic heterocycles. The molecule has 3 atom stereocenters. The van der Waals surface area contributed by atoms with E-state index in [1.807, 2.05) is 12.1 Å². The summed E-state index contributed by atoms with van der Waals surface area (Å²) in [5.41, 5.74) is 7.85. The number of fused-ring (bicyclic) bond motifs is 2. The van der Waals surface area contributed by atoms with Gasteiger partial charge >= 0.3 is 0 Å². The van der Waals surface area contributed by atoms with Gasteiger partial charge in [0.2, 0.25) is 5.91 Å². The number of hydrazine groups is 1. The van der Waals surface area contributed by atoms with E-state index in [9.17, 15) is 9.59 Å². The first-order chi connectivity index (χ1) is 11.2. The van der Waals surface area contributed by atoms with Crippen molar-refractivity contribution in [2.24, 2.45) is 5.92 Å². The van der Waals surface area contributed by atoms with E-state index in [1.165, 1.54) is 11.8 Å². The smallest absolute Gasteiger partial charge is 0.251 e. The molecule has 0 bridgehead atoms. The first kappa shape index (κ1) is 15.0. The van der Waals surface area contributed by atoms with Gasteiger partial charge in [0.25, 0.3) is 5.91 Å². The van der Waals surface area contributed by atoms with Crippen molar-refractivity contribution in [3.05, 3.63) is 23.8 Å². The highest BCUT2D eigenvalue weighted by atomic mass is 32.2. The Morgan fingerprint density at radius 1 is 1.30 bits per heavy atom. The monoisotopic (exact) mass is 332 g/mol. The van der Waals surface area contributed by atoms with Crippen LogP contribution in [0.3, 0.4) is 0 Å². The van der Waals surface area contributed by atoms with E-state index >= 15 is 0 Å². The zero-order valence-electron chi connectivity index (χ0n) is 12.7. The third kappa shape index (κ3) is 3.08. The van der Waals surface area contributed by atoms with Crippen LogP contribution in [0.2, 0.25) is 0 Å². The van der Waals surface area contributed by atoms with Gasteiger partial charge in [0.05, 0.1) is 11.4 Å². The number of amides is 2. The molecule has 1 saturated heterocycles. The van der Waals surface area contributed by atoms with Crippen LogP contribution in [0.25, 0.3) is 0 Å². The van der Waals surface area contributed by atoms with Gasteiger partial charge < -0.3 is 10.6 Å². The summed E-state index contributed by atoms with van der Waals surface area (Å²) < 4.78 is 0. The Bertz CT molecular complexity index is 651. The van der Waals surface area contributed by atoms with Crippen molar-refractivity contribution >= 4 is 29.3 Å². The fourth-order valence-corrected chi connectivity index (χ4v) is 4.41. The van der Waals surface area contributed by atoms with Gasteiger partial charge in [0, 0.05) is 29.1 Å². The molecule has 1 aromatic carbocycles. The maximum atomic E-state index is 12.5. The topological polar surface area (TPSA) is 82.3 Å². The van der Waals surface area contributed by atoms with Crippen LogP contribution in [0.1, 0.15) is 29.6 Å². The minimum absolute atomic E-state index is 0.0142. The van der Waals surface area contributed by atoms with Crippen LogP contribution in [0, 0.1) is 5.92 Å². The lowest BCUT2D eigenvalue weighted by molar-refractivity contribution is -0.113. The number of hydrogen-bond donors (Lipinski definition) is 4. The number of rotatable bonds is 2. The number of benzene rings is 1. The van der Waals surface area contributed by atoms with E-state index in [0.717, 1.165) is 36.4 Å².